The summed E-state index contributed by atoms with van der Waals surface area (Å²) in [5, 5.41) is 5.07. The molecule has 2 aromatic rings. The van der Waals surface area contributed by atoms with Crippen molar-refractivity contribution < 1.29 is 4.79 Å². The molecule has 6 nitrogen and oxygen atoms in total. The number of likely N-dealkylation sites (tertiary alicyclic amines) is 1. The van der Waals surface area contributed by atoms with E-state index in [9.17, 15) is 4.79 Å². The fourth-order valence-electron chi connectivity index (χ4n) is 3.15. The first-order valence-corrected chi connectivity index (χ1v) is 9.22. The van der Waals surface area contributed by atoms with Gasteiger partial charge in [0.25, 0.3) is 5.91 Å². The summed E-state index contributed by atoms with van der Waals surface area (Å²) < 4.78 is 1.70. The number of nitrogens with zero attached hydrogens (tertiary/aromatic N) is 4. The van der Waals surface area contributed by atoms with Crippen LogP contribution in [0.15, 0.2) is 24.3 Å². The smallest absolute Gasteiger partial charge is 0.293 e. The fraction of sp³-hybridized carbons (Fsp3) is 0.500. The minimum atomic E-state index is -0.112. The number of hydrogen-bond donors (Lipinski definition) is 1. The van der Waals surface area contributed by atoms with Crippen LogP contribution in [0.2, 0.25) is 5.02 Å². The van der Waals surface area contributed by atoms with Crippen molar-refractivity contribution >= 4 is 17.5 Å². The van der Waals surface area contributed by atoms with E-state index in [-0.39, 0.29) is 11.7 Å². The quantitative estimate of drug-likeness (QED) is 0.888. The number of carbonyl (C=O) groups is 1. The number of benzene rings is 1. The van der Waals surface area contributed by atoms with E-state index in [0.717, 1.165) is 37.2 Å². The molecule has 1 aliphatic heterocycles. The molecule has 0 atom stereocenters. The zero-order valence-corrected chi connectivity index (χ0v) is 15.2. The van der Waals surface area contributed by atoms with Gasteiger partial charge in [0.2, 0.25) is 5.82 Å². The van der Waals surface area contributed by atoms with E-state index in [0.29, 0.717) is 30.6 Å². The average Bonchev–Trinajstić information content (AvgIpc) is 3.05. The third-order valence-corrected chi connectivity index (χ3v) is 4.97. The van der Waals surface area contributed by atoms with Gasteiger partial charge in [-0.3, -0.25) is 4.79 Å². The summed E-state index contributed by atoms with van der Waals surface area (Å²) in [7, 11) is 0. The maximum Gasteiger partial charge on any atom is 0.293 e. The molecule has 0 spiro atoms. The van der Waals surface area contributed by atoms with E-state index in [2.05, 4.69) is 17.0 Å². The van der Waals surface area contributed by atoms with Gasteiger partial charge in [0.05, 0.1) is 10.7 Å². The Labute approximate surface area is 153 Å². The zero-order valence-electron chi connectivity index (χ0n) is 14.5. The molecule has 1 saturated heterocycles. The summed E-state index contributed by atoms with van der Waals surface area (Å²) in [5.41, 5.74) is 6.48. The minimum Gasteiger partial charge on any atom is -0.336 e. The van der Waals surface area contributed by atoms with E-state index >= 15 is 0 Å². The summed E-state index contributed by atoms with van der Waals surface area (Å²) in [6.45, 7) is 4.18. The third kappa shape index (κ3) is 3.85. The fourth-order valence-corrected chi connectivity index (χ4v) is 3.37. The summed E-state index contributed by atoms with van der Waals surface area (Å²) in [6, 6.07) is 7.47. The molecule has 1 amide bonds. The molecule has 1 aromatic carbocycles. The number of halogens is 1. The number of piperidine rings is 1. The normalized spacial score (nSPS) is 15.6. The average molecular weight is 362 g/mol. The number of amides is 1. The van der Waals surface area contributed by atoms with E-state index < -0.39 is 0 Å². The van der Waals surface area contributed by atoms with Crippen molar-refractivity contribution in [2.45, 2.75) is 32.6 Å². The van der Waals surface area contributed by atoms with Crippen molar-refractivity contribution in [2.75, 3.05) is 19.6 Å². The molecule has 1 aromatic heterocycles. The second-order valence-electron chi connectivity index (χ2n) is 6.44. The maximum absolute atomic E-state index is 12.8. The van der Waals surface area contributed by atoms with Gasteiger partial charge in [-0.2, -0.15) is 0 Å². The molecule has 0 aliphatic carbocycles. The van der Waals surface area contributed by atoms with Gasteiger partial charge in [-0.15, -0.1) is 5.10 Å². The van der Waals surface area contributed by atoms with Gasteiger partial charge in [-0.05, 0) is 43.9 Å². The van der Waals surface area contributed by atoms with Crippen LogP contribution in [-0.4, -0.2) is 45.2 Å². The Balaban J connectivity index is 1.86. The van der Waals surface area contributed by atoms with Gasteiger partial charge < -0.3 is 10.6 Å². The number of carbonyl (C=O) groups excluding carboxylic acids is 1. The Hall–Kier alpha value is -1.92. The lowest BCUT2D eigenvalue weighted by atomic mass is 9.97. The number of aryl methyl sites for hydroxylation is 1. The highest BCUT2D eigenvalue weighted by atomic mass is 35.5. The second kappa shape index (κ2) is 7.97. The lowest BCUT2D eigenvalue weighted by Crippen LogP contribution is -2.40. The first-order chi connectivity index (χ1) is 12.1. The predicted octanol–water partition coefficient (Wildman–Crippen LogP) is 2.68. The standard InChI is InChI=1S/C18H24ClN5O/c1-2-5-16-21-17(18(25)23-10-8-13(12-20)9-11-23)22-24(16)15-7-4-3-6-14(15)19/h3-4,6-7,13H,2,5,8-12,20H2,1H3. The van der Waals surface area contributed by atoms with Crippen molar-refractivity contribution in [3.05, 3.63) is 40.9 Å². The topological polar surface area (TPSA) is 77.0 Å². The molecule has 134 valence electrons. The van der Waals surface area contributed by atoms with E-state index in [1.165, 1.54) is 0 Å². The van der Waals surface area contributed by atoms with Crippen molar-refractivity contribution in [1.82, 2.24) is 19.7 Å². The lowest BCUT2D eigenvalue weighted by molar-refractivity contribution is 0.0681. The molecule has 3 rings (SSSR count). The van der Waals surface area contributed by atoms with Crippen molar-refractivity contribution in [1.29, 1.82) is 0 Å². The third-order valence-electron chi connectivity index (χ3n) is 4.65. The number of rotatable bonds is 5. The molecule has 1 aliphatic rings. The summed E-state index contributed by atoms with van der Waals surface area (Å²) >= 11 is 6.30. The Kier molecular flexibility index (Phi) is 5.71. The van der Waals surface area contributed by atoms with Crippen LogP contribution in [0.3, 0.4) is 0 Å². The lowest BCUT2D eigenvalue weighted by Gasteiger charge is -2.30. The molecule has 0 unspecified atom stereocenters. The number of para-hydroxylation sites is 1. The summed E-state index contributed by atoms with van der Waals surface area (Å²) in [4.78, 5) is 19.1. The van der Waals surface area contributed by atoms with E-state index in [4.69, 9.17) is 17.3 Å². The minimum absolute atomic E-state index is 0.112. The van der Waals surface area contributed by atoms with Crippen LogP contribution in [0.1, 0.15) is 42.6 Å². The molecular formula is C18H24ClN5O. The van der Waals surface area contributed by atoms with Crippen molar-refractivity contribution in [3.8, 4) is 5.69 Å². The number of nitrogens with two attached hydrogens (primary N) is 1. The van der Waals surface area contributed by atoms with Crippen LogP contribution >= 0.6 is 11.6 Å². The second-order valence-corrected chi connectivity index (χ2v) is 6.84. The monoisotopic (exact) mass is 361 g/mol. The Morgan fingerprint density at radius 1 is 1.32 bits per heavy atom. The molecule has 0 radical (unpaired) electrons. The van der Waals surface area contributed by atoms with Gasteiger partial charge in [0, 0.05) is 19.5 Å². The summed E-state index contributed by atoms with van der Waals surface area (Å²) in [6.07, 6.45) is 3.53. The highest BCUT2D eigenvalue weighted by Crippen LogP contribution is 2.22. The SMILES string of the molecule is CCCc1nc(C(=O)N2CCC(CN)CC2)nn1-c1ccccc1Cl. The highest BCUT2D eigenvalue weighted by Gasteiger charge is 2.26. The Morgan fingerprint density at radius 3 is 2.68 bits per heavy atom. The zero-order chi connectivity index (χ0) is 17.8. The van der Waals surface area contributed by atoms with Crippen molar-refractivity contribution in [3.63, 3.8) is 0 Å². The van der Waals surface area contributed by atoms with Crippen LogP contribution in [0.5, 0.6) is 0 Å². The molecule has 0 saturated carbocycles. The Bertz CT molecular complexity index is 737. The van der Waals surface area contributed by atoms with Crippen LogP contribution < -0.4 is 5.73 Å². The molecule has 2 heterocycles. The van der Waals surface area contributed by atoms with Crippen LogP contribution in [0, 0.1) is 5.92 Å². The van der Waals surface area contributed by atoms with Crippen molar-refractivity contribution in [2.24, 2.45) is 11.7 Å². The molecular weight excluding hydrogens is 338 g/mol. The number of aromatic nitrogens is 3. The molecule has 25 heavy (non-hydrogen) atoms. The molecule has 0 bridgehead atoms. The first kappa shape index (κ1) is 17.9. The first-order valence-electron chi connectivity index (χ1n) is 8.84. The van der Waals surface area contributed by atoms with Gasteiger partial charge in [0.15, 0.2) is 0 Å². The maximum atomic E-state index is 12.8. The van der Waals surface area contributed by atoms with E-state index in [1.807, 2.05) is 29.2 Å². The van der Waals surface area contributed by atoms with Gasteiger partial charge >= 0.3 is 0 Å². The van der Waals surface area contributed by atoms with Gasteiger partial charge in [-0.1, -0.05) is 30.7 Å². The largest absolute Gasteiger partial charge is 0.336 e. The summed E-state index contributed by atoms with van der Waals surface area (Å²) in [5.74, 6) is 1.40. The molecule has 1 fully saturated rings. The van der Waals surface area contributed by atoms with E-state index in [1.54, 1.807) is 4.68 Å². The number of hydrogen-bond acceptors (Lipinski definition) is 4. The Morgan fingerprint density at radius 2 is 2.04 bits per heavy atom. The molecule has 7 heteroatoms. The predicted molar refractivity (Wildman–Crippen MR) is 98.0 cm³/mol. The van der Waals surface area contributed by atoms with Gasteiger partial charge in [-0.25, -0.2) is 9.67 Å². The highest BCUT2D eigenvalue weighted by molar-refractivity contribution is 6.32. The van der Waals surface area contributed by atoms with Crippen LogP contribution in [0.25, 0.3) is 5.69 Å². The van der Waals surface area contributed by atoms with Crippen LogP contribution in [0.4, 0.5) is 0 Å². The van der Waals surface area contributed by atoms with Crippen LogP contribution in [-0.2, 0) is 6.42 Å². The molecule has 2 N–H and O–H groups in total. The van der Waals surface area contributed by atoms with Gasteiger partial charge in [0.1, 0.15) is 5.82 Å².